The normalized spacial score (nSPS) is 11.3. The van der Waals surface area contributed by atoms with Crippen molar-refractivity contribution >= 4 is 41.5 Å². The third kappa shape index (κ3) is 11.7. The van der Waals surface area contributed by atoms with Crippen molar-refractivity contribution in [1.29, 1.82) is 0 Å². The molecule has 0 bridgehead atoms. The van der Waals surface area contributed by atoms with Crippen molar-refractivity contribution in [3.05, 3.63) is 35.2 Å². The van der Waals surface area contributed by atoms with Crippen LogP contribution < -0.4 is 10.6 Å². The Morgan fingerprint density at radius 1 is 1.06 bits per heavy atom. The third-order valence-corrected chi connectivity index (χ3v) is 4.32. The first-order valence-electron chi connectivity index (χ1n) is 10.5. The van der Waals surface area contributed by atoms with Gasteiger partial charge in [0, 0.05) is 36.7 Å². The smallest absolute Gasteiger partial charge is 0.228 e. The van der Waals surface area contributed by atoms with Crippen molar-refractivity contribution < 1.29 is 14.0 Å². The van der Waals surface area contributed by atoms with Crippen LogP contribution in [-0.4, -0.2) is 62.2 Å². The number of nitrogens with one attached hydrogen (secondary N) is 2. The second-order valence-electron chi connectivity index (χ2n) is 6.53. The first kappa shape index (κ1) is 27.6. The maximum absolute atomic E-state index is 5.91. The monoisotopic (exact) mass is 565 g/mol. The zero-order valence-corrected chi connectivity index (χ0v) is 21.3. The van der Waals surface area contributed by atoms with Gasteiger partial charge in [-0.15, -0.1) is 24.0 Å². The van der Waals surface area contributed by atoms with E-state index in [1.165, 1.54) is 0 Å². The number of aromatic nitrogens is 2. The molecule has 0 amide bonds. The van der Waals surface area contributed by atoms with Gasteiger partial charge in [-0.3, -0.25) is 4.99 Å². The molecular formula is C21H33ClIN5O3. The van der Waals surface area contributed by atoms with Gasteiger partial charge in [0.25, 0.3) is 0 Å². The Bertz CT molecular complexity index is 743. The second-order valence-corrected chi connectivity index (χ2v) is 6.97. The molecule has 2 rings (SSSR count). The van der Waals surface area contributed by atoms with Gasteiger partial charge in [-0.2, -0.15) is 4.98 Å². The lowest BCUT2D eigenvalue weighted by atomic mass is 10.2. The van der Waals surface area contributed by atoms with Gasteiger partial charge in [0.05, 0.1) is 26.4 Å². The summed E-state index contributed by atoms with van der Waals surface area (Å²) in [4.78, 5) is 8.92. The van der Waals surface area contributed by atoms with Gasteiger partial charge < -0.3 is 24.6 Å². The summed E-state index contributed by atoms with van der Waals surface area (Å²) in [6.45, 7) is 8.73. The molecule has 1 heterocycles. The minimum Gasteiger partial charge on any atom is -0.379 e. The number of aliphatic imine (C=N–C) groups is 1. The van der Waals surface area contributed by atoms with Crippen molar-refractivity contribution in [2.45, 2.75) is 33.1 Å². The highest BCUT2D eigenvalue weighted by Gasteiger charge is 2.08. The van der Waals surface area contributed by atoms with Crippen LogP contribution in [0.5, 0.6) is 0 Å². The van der Waals surface area contributed by atoms with Crippen LogP contribution in [0.3, 0.4) is 0 Å². The van der Waals surface area contributed by atoms with E-state index in [9.17, 15) is 0 Å². The Morgan fingerprint density at radius 2 is 1.81 bits per heavy atom. The summed E-state index contributed by atoms with van der Waals surface area (Å²) in [5.74, 6) is 1.85. The van der Waals surface area contributed by atoms with Crippen LogP contribution in [0.2, 0.25) is 5.02 Å². The quantitative estimate of drug-likeness (QED) is 0.155. The van der Waals surface area contributed by atoms with E-state index in [1.54, 1.807) is 12.1 Å². The fourth-order valence-corrected chi connectivity index (χ4v) is 2.62. The Hall–Kier alpha value is -1.43. The molecule has 0 aliphatic carbocycles. The van der Waals surface area contributed by atoms with E-state index in [2.05, 4.69) is 32.7 Å². The summed E-state index contributed by atoms with van der Waals surface area (Å²) in [5.41, 5.74) is 0.869. The first-order chi connectivity index (χ1) is 14.7. The molecule has 1 aromatic heterocycles. The zero-order chi connectivity index (χ0) is 21.4. The second kappa shape index (κ2) is 17.2. The van der Waals surface area contributed by atoms with Gasteiger partial charge in [0.1, 0.15) is 0 Å². The van der Waals surface area contributed by atoms with E-state index in [1.807, 2.05) is 19.1 Å². The van der Waals surface area contributed by atoms with Gasteiger partial charge in [0.2, 0.25) is 11.7 Å². The maximum atomic E-state index is 5.91. The van der Waals surface area contributed by atoms with Crippen LogP contribution in [0.15, 0.2) is 33.8 Å². The van der Waals surface area contributed by atoms with Gasteiger partial charge in [-0.25, -0.2) is 0 Å². The molecule has 10 heteroatoms. The lowest BCUT2D eigenvalue weighted by Crippen LogP contribution is -2.38. The van der Waals surface area contributed by atoms with Crippen LogP contribution >= 0.6 is 35.6 Å². The van der Waals surface area contributed by atoms with E-state index in [-0.39, 0.29) is 24.0 Å². The predicted octanol–water partition coefficient (Wildman–Crippen LogP) is 3.94. The molecule has 0 aliphatic rings. The Balaban J connectivity index is 0.00000480. The zero-order valence-electron chi connectivity index (χ0n) is 18.2. The molecule has 0 atom stereocenters. The molecule has 0 spiro atoms. The number of rotatable bonds is 14. The van der Waals surface area contributed by atoms with Crippen LogP contribution in [0.4, 0.5) is 0 Å². The summed E-state index contributed by atoms with van der Waals surface area (Å²) in [6, 6.07) is 7.34. The number of ether oxygens (including phenoxy) is 2. The molecular weight excluding hydrogens is 533 g/mol. The van der Waals surface area contributed by atoms with Crippen molar-refractivity contribution in [3.63, 3.8) is 0 Å². The van der Waals surface area contributed by atoms with E-state index >= 15 is 0 Å². The number of benzene rings is 1. The minimum atomic E-state index is 0. The molecule has 8 nitrogen and oxygen atoms in total. The highest BCUT2D eigenvalue weighted by atomic mass is 127. The predicted molar refractivity (Wildman–Crippen MR) is 134 cm³/mol. The number of halogens is 2. The molecule has 0 fully saturated rings. The summed E-state index contributed by atoms with van der Waals surface area (Å²) in [7, 11) is 0. The fourth-order valence-electron chi connectivity index (χ4n) is 2.49. The van der Waals surface area contributed by atoms with Crippen LogP contribution in [0, 0.1) is 0 Å². The lowest BCUT2D eigenvalue weighted by Gasteiger charge is -2.10. The number of nitrogens with zero attached hydrogens (tertiary/aromatic N) is 3. The number of guanidine groups is 1. The Kier molecular flexibility index (Phi) is 15.3. The largest absolute Gasteiger partial charge is 0.379 e. The standard InChI is InChI=1S/C21H32ClN5O3.HI/c1-3-5-13-28-15-16-29-14-12-25-21(23-4-2)24-11-10-19-26-20(27-30-19)17-6-8-18(22)9-7-17;/h6-9H,3-5,10-16H2,1-2H3,(H2,23,24,25);1H. The lowest BCUT2D eigenvalue weighted by molar-refractivity contribution is 0.0497. The number of unbranched alkanes of at least 4 members (excludes halogenated alkanes) is 1. The molecule has 0 saturated carbocycles. The summed E-state index contributed by atoms with van der Waals surface area (Å²) in [6.07, 6.45) is 2.83. The van der Waals surface area contributed by atoms with Gasteiger partial charge >= 0.3 is 0 Å². The average molecular weight is 566 g/mol. The molecule has 174 valence electrons. The highest BCUT2D eigenvalue weighted by molar-refractivity contribution is 14.0. The number of hydrogen-bond acceptors (Lipinski definition) is 6. The van der Waals surface area contributed by atoms with Crippen molar-refractivity contribution in [2.75, 3.05) is 46.1 Å². The van der Waals surface area contributed by atoms with Crippen molar-refractivity contribution in [2.24, 2.45) is 4.99 Å². The topological polar surface area (TPSA) is 93.8 Å². The Labute approximate surface area is 206 Å². The highest BCUT2D eigenvalue weighted by Crippen LogP contribution is 2.18. The fraction of sp³-hybridized carbons (Fsp3) is 0.571. The average Bonchev–Trinajstić information content (AvgIpc) is 3.22. The van der Waals surface area contributed by atoms with Crippen molar-refractivity contribution in [3.8, 4) is 11.4 Å². The van der Waals surface area contributed by atoms with Crippen molar-refractivity contribution in [1.82, 2.24) is 20.8 Å². The Morgan fingerprint density at radius 3 is 2.52 bits per heavy atom. The van der Waals surface area contributed by atoms with Crippen LogP contribution in [0.25, 0.3) is 11.4 Å². The van der Waals surface area contributed by atoms with E-state index < -0.39 is 0 Å². The molecule has 2 N–H and O–H groups in total. The summed E-state index contributed by atoms with van der Waals surface area (Å²) >= 11 is 5.91. The first-order valence-corrected chi connectivity index (χ1v) is 10.9. The van der Waals surface area contributed by atoms with Crippen LogP contribution in [0.1, 0.15) is 32.6 Å². The molecule has 0 unspecified atom stereocenters. The summed E-state index contributed by atoms with van der Waals surface area (Å²) in [5, 5.41) is 11.2. The number of hydrogen-bond donors (Lipinski definition) is 2. The molecule has 0 saturated heterocycles. The molecule has 0 aliphatic heterocycles. The summed E-state index contributed by atoms with van der Waals surface area (Å²) < 4.78 is 16.3. The van der Waals surface area contributed by atoms with Gasteiger partial charge in [0.15, 0.2) is 5.96 Å². The SMILES string of the molecule is CCCCOCCOCCN=C(NCC)NCCc1nc(-c2ccc(Cl)cc2)no1.I. The van der Waals surface area contributed by atoms with Crippen LogP contribution in [-0.2, 0) is 15.9 Å². The third-order valence-electron chi connectivity index (χ3n) is 4.07. The molecule has 0 radical (unpaired) electrons. The minimum absolute atomic E-state index is 0. The molecule has 31 heavy (non-hydrogen) atoms. The maximum Gasteiger partial charge on any atom is 0.228 e. The van der Waals surface area contributed by atoms with E-state index in [0.29, 0.717) is 56.1 Å². The van der Waals surface area contributed by atoms with Gasteiger partial charge in [-0.1, -0.05) is 30.1 Å². The van der Waals surface area contributed by atoms with E-state index in [0.717, 1.165) is 37.5 Å². The molecule has 1 aromatic carbocycles. The van der Waals surface area contributed by atoms with E-state index in [4.69, 9.17) is 25.6 Å². The molecule has 2 aromatic rings. The van der Waals surface area contributed by atoms with Gasteiger partial charge in [-0.05, 0) is 37.6 Å².